The minimum absolute atomic E-state index is 0.0468. The van der Waals surface area contributed by atoms with Gasteiger partial charge in [0, 0.05) is 26.0 Å². The van der Waals surface area contributed by atoms with E-state index in [1.165, 1.54) is 0 Å². The number of fused-ring (bicyclic) bond motifs is 3. The Kier molecular flexibility index (Phi) is 10.8. The third-order valence-electron chi connectivity index (χ3n) is 8.36. The van der Waals surface area contributed by atoms with Gasteiger partial charge in [-0.3, -0.25) is 4.79 Å². The molecule has 0 aromatic heterocycles. The van der Waals surface area contributed by atoms with Gasteiger partial charge in [0.15, 0.2) is 0 Å². The number of carbonyl (C=O) groups excluding carboxylic acids is 2. The fourth-order valence-electron chi connectivity index (χ4n) is 6.40. The van der Waals surface area contributed by atoms with Crippen molar-refractivity contribution < 1.29 is 28.9 Å². The predicted octanol–water partition coefficient (Wildman–Crippen LogP) is 7.90. The number of hydrogen-bond acceptors (Lipinski definition) is 6. The second kappa shape index (κ2) is 14.3. The van der Waals surface area contributed by atoms with E-state index in [2.05, 4.69) is 21.2 Å². The van der Waals surface area contributed by atoms with E-state index in [0.717, 1.165) is 21.2 Å². The molecule has 0 saturated carbocycles. The summed E-state index contributed by atoms with van der Waals surface area (Å²) in [5.41, 5.74) is 0.803. The number of hydrogen-bond donors (Lipinski definition) is 2. The first-order valence-corrected chi connectivity index (χ1v) is 17.2. The number of carbonyl (C=O) groups is 2. The summed E-state index contributed by atoms with van der Waals surface area (Å²) in [5, 5.41) is 15.8. The third kappa shape index (κ3) is 8.81. The molecule has 2 aliphatic rings. The number of alkyl carbamates (subject to hydrolysis) is 1. The van der Waals surface area contributed by atoms with E-state index in [4.69, 9.17) is 37.4 Å². The van der Waals surface area contributed by atoms with E-state index < -0.39 is 47.6 Å². The van der Waals surface area contributed by atoms with E-state index in [9.17, 15) is 14.7 Å². The van der Waals surface area contributed by atoms with Crippen LogP contribution in [0.3, 0.4) is 0 Å². The summed E-state index contributed by atoms with van der Waals surface area (Å²) in [6.07, 6.45) is -1.50. The molecule has 5 atom stereocenters. The van der Waals surface area contributed by atoms with Crippen molar-refractivity contribution in [3.63, 3.8) is 0 Å². The van der Waals surface area contributed by atoms with Crippen LogP contribution < -0.4 is 10.1 Å². The fraction of sp³-hybridized carbons (Fsp3) is 0.444. The molecule has 3 aromatic carbocycles. The minimum atomic E-state index is -1.11. The predicted molar refractivity (Wildman–Crippen MR) is 186 cm³/mol. The van der Waals surface area contributed by atoms with Gasteiger partial charge in [0.2, 0.25) is 5.91 Å². The van der Waals surface area contributed by atoms with Crippen LogP contribution in [0.1, 0.15) is 63.8 Å². The van der Waals surface area contributed by atoms with Crippen LogP contribution in [0.15, 0.2) is 71.2 Å². The van der Waals surface area contributed by atoms with Crippen LogP contribution >= 0.6 is 39.1 Å². The van der Waals surface area contributed by atoms with E-state index in [1.807, 2.05) is 68.4 Å². The van der Waals surface area contributed by atoms with Gasteiger partial charge in [-0.25, -0.2) is 4.79 Å². The topological polar surface area (TPSA) is 97.3 Å². The average molecular weight is 749 g/mol. The van der Waals surface area contributed by atoms with Crippen molar-refractivity contribution in [1.29, 1.82) is 0 Å². The molecule has 252 valence electrons. The van der Waals surface area contributed by atoms with Gasteiger partial charge in [-0.2, -0.15) is 0 Å². The number of nitrogens with zero attached hydrogens (tertiary/aromatic N) is 1. The number of benzene rings is 3. The van der Waals surface area contributed by atoms with E-state index in [-0.39, 0.29) is 18.9 Å². The van der Waals surface area contributed by atoms with Crippen molar-refractivity contribution in [2.24, 2.45) is 5.92 Å². The van der Waals surface area contributed by atoms with Crippen LogP contribution in [0.25, 0.3) is 0 Å². The summed E-state index contributed by atoms with van der Waals surface area (Å²) in [6, 6.07) is 19.2. The Balaban J connectivity index is 1.49. The molecule has 2 aliphatic heterocycles. The lowest BCUT2D eigenvalue weighted by Crippen LogP contribution is -2.51. The fourth-order valence-corrected chi connectivity index (χ4v) is 7.06. The summed E-state index contributed by atoms with van der Waals surface area (Å²) < 4.78 is 18.9. The number of amides is 2. The van der Waals surface area contributed by atoms with Crippen LogP contribution in [0, 0.1) is 5.92 Å². The van der Waals surface area contributed by atoms with E-state index >= 15 is 0 Å². The zero-order valence-corrected chi connectivity index (χ0v) is 30.2. The smallest absolute Gasteiger partial charge is 0.407 e. The third-order valence-corrected chi connectivity index (χ3v) is 9.36. The second-order valence-electron chi connectivity index (χ2n) is 13.7. The van der Waals surface area contributed by atoms with Gasteiger partial charge in [0.1, 0.15) is 29.8 Å². The Hall–Kier alpha value is -2.82. The maximum atomic E-state index is 14.9. The zero-order valence-electron chi connectivity index (χ0n) is 27.1. The SMILES string of the molecule is CC(C)(C)OC(=O)N[C@@H](Cc1ccc(Br)cc1)[C@@H](O)C[C@@H](Cc1cccc(Cl)c1)C(=O)N1C2c3cc(Cl)ccc3OC[C@H]2OC1(C)C. The van der Waals surface area contributed by atoms with Crippen molar-refractivity contribution in [3.8, 4) is 5.75 Å². The van der Waals surface area contributed by atoms with Crippen LogP contribution in [0.5, 0.6) is 5.75 Å². The van der Waals surface area contributed by atoms with E-state index in [1.54, 1.807) is 37.8 Å². The highest BCUT2D eigenvalue weighted by Gasteiger charge is 2.54. The Bertz CT molecular complexity index is 1600. The number of ether oxygens (including phenoxy) is 3. The summed E-state index contributed by atoms with van der Waals surface area (Å²) in [4.78, 5) is 29.6. The van der Waals surface area contributed by atoms with Crippen LogP contribution in [0.4, 0.5) is 4.79 Å². The number of aliphatic hydroxyl groups is 1. The largest absolute Gasteiger partial charge is 0.490 e. The standard InChI is InChI=1S/C36H41BrCl2N2O6/c1-35(2,3)47-34(44)40-28(17-21-9-11-24(37)12-10-21)29(42)18-23(15-22-7-6-8-25(38)16-22)33(43)41-32-27-19-26(39)13-14-30(27)45-20-31(32)46-36(41,4)5/h6-14,16,19,23,28-29,31-32,42H,15,17-18,20H2,1-5H3,(H,40,44)/t23-,28+,29+,31-,32?/m1/s1. The normalized spacial score (nSPS) is 20.3. The lowest BCUT2D eigenvalue weighted by Gasteiger charge is -2.38. The second-order valence-corrected chi connectivity index (χ2v) is 15.5. The summed E-state index contributed by atoms with van der Waals surface area (Å²) in [6.45, 7) is 9.34. The summed E-state index contributed by atoms with van der Waals surface area (Å²) >= 11 is 16.2. The highest BCUT2D eigenvalue weighted by Crippen LogP contribution is 2.48. The maximum Gasteiger partial charge on any atom is 0.407 e. The molecule has 2 heterocycles. The number of halogens is 3. The zero-order chi connectivity index (χ0) is 34.1. The minimum Gasteiger partial charge on any atom is -0.490 e. The molecule has 3 aromatic rings. The van der Waals surface area contributed by atoms with Crippen molar-refractivity contribution >= 4 is 51.1 Å². The highest BCUT2D eigenvalue weighted by atomic mass is 79.9. The molecule has 0 aliphatic carbocycles. The number of rotatable bonds is 9. The van der Waals surface area contributed by atoms with Gasteiger partial charge in [-0.15, -0.1) is 0 Å². The van der Waals surface area contributed by atoms with Crippen molar-refractivity contribution in [2.75, 3.05) is 6.61 Å². The van der Waals surface area contributed by atoms with Crippen molar-refractivity contribution in [1.82, 2.24) is 10.2 Å². The van der Waals surface area contributed by atoms with Gasteiger partial charge in [-0.1, -0.05) is 63.4 Å². The first-order valence-electron chi connectivity index (χ1n) is 15.7. The van der Waals surface area contributed by atoms with Crippen molar-refractivity contribution in [3.05, 3.63) is 97.9 Å². The number of aliphatic hydroxyl groups excluding tert-OH is 1. The monoisotopic (exact) mass is 746 g/mol. The van der Waals surface area contributed by atoms with E-state index in [0.29, 0.717) is 28.6 Å². The molecule has 11 heteroatoms. The molecule has 1 saturated heterocycles. The molecule has 2 amide bonds. The molecule has 5 rings (SSSR count). The molecular weight excluding hydrogens is 707 g/mol. The molecular formula is C36H41BrCl2N2O6. The van der Waals surface area contributed by atoms with Gasteiger partial charge < -0.3 is 29.5 Å². The molecule has 47 heavy (non-hydrogen) atoms. The Morgan fingerprint density at radius 1 is 1.04 bits per heavy atom. The maximum absolute atomic E-state index is 14.9. The molecule has 0 spiro atoms. The summed E-state index contributed by atoms with van der Waals surface area (Å²) in [7, 11) is 0. The van der Waals surface area contributed by atoms with Gasteiger partial charge >= 0.3 is 6.09 Å². The molecule has 2 N–H and O–H groups in total. The Morgan fingerprint density at radius 3 is 2.43 bits per heavy atom. The number of nitrogens with one attached hydrogen (secondary N) is 1. The molecule has 0 bridgehead atoms. The van der Waals surface area contributed by atoms with Gasteiger partial charge in [0.05, 0.1) is 18.2 Å². The van der Waals surface area contributed by atoms with Crippen LogP contribution in [-0.4, -0.2) is 58.2 Å². The molecule has 1 unspecified atom stereocenters. The first kappa shape index (κ1) is 35.5. The van der Waals surface area contributed by atoms with Crippen molar-refractivity contribution in [2.45, 2.75) is 89.5 Å². The first-order chi connectivity index (χ1) is 22.1. The lowest BCUT2D eigenvalue weighted by molar-refractivity contribution is -0.153. The van der Waals surface area contributed by atoms with Gasteiger partial charge in [-0.05, 0) is 107 Å². The Morgan fingerprint density at radius 2 is 1.74 bits per heavy atom. The molecule has 0 radical (unpaired) electrons. The summed E-state index contributed by atoms with van der Waals surface area (Å²) in [5.74, 6) is -0.255. The molecule has 8 nitrogen and oxygen atoms in total. The quantitative estimate of drug-likeness (QED) is 0.231. The van der Waals surface area contributed by atoms with Gasteiger partial charge in [0.25, 0.3) is 0 Å². The average Bonchev–Trinajstić information content (AvgIpc) is 3.26. The van der Waals surface area contributed by atoms with Crippen LogP contribution in [0.2, 0.25) is 10.0 Å². The highest BCUT2D eigenvalue weighted by molar-refractivity contribution is 9.10. The lowest BCUT2D eigenvalue weighted by atomic mass is 9.87. The molecule has 1 fully saturated rings. The van der Waals surface area contributed by atoms with Crippen LogP contribution in [-0.2, 0) is 27.1 Å². The Labute approximate surface area is 294 Å².